The molecule has 0 saturated carbocycles. The molecule has 1 N–H and O–H groups in total. The molecule has 0 amide bonds. The normalized spacial score (nSPS) is 13.5. The average molecular weight is 240 g/mol. The van der Waals surface area contributed by atoms with E-state index in [-0.39, 0.29) is 17.0 Å². The topological polar surface area (TPSA) is 64.5 Å². The molecule has 0 spiro atoms. The van der Waals surface area contributed by atoms with Crippen LogP contribution in [0.15, 0.2) is 6.20 Å². The summed E-state index contributed by atoms with van der Waals surface area (Å²) in [6.45, 7) is 10.1. The minimum atomic E-state index is -0.435. The van der Waals surface area contributed by atoms with E-state index in [1.807, 2.05) is 27.7 Å². The van der Waals surface area contributed by atoms with Crippen molar-refractivity contribution in [1.82, 2.24) is 9.97 Å². The molecule has 1 aromatic heterocycles. The molecule has 0 bridgehead atoms. The molecule has 5 heteroatoms. The predicted molar refractivity (Wildman–Crippen MR) is 64.1 cm³/mol. The van der Waals surface area contributed by atoms with Crippen molar-refractivity contribution in [2.75, 3.05) is 6.61 Å². The number of ether oxygens (including phenoxy) is 2. The largest absolute Gasteiger partial charge is 0.491 e. The lowest BCUT2D eigenvalue weighted by Crippen LogP contribution is -2.18. The summed E-state index contributed by atoms with van der Waals surface area (Å²) in [5.74, 6) is 0.654. The summed E-state index contributed by atoms with van der Waals surface area (Å²) in [6, 6.07) is 0. The van der Waals surface area contributed by atoms with Crippen LogP contribution in [0, 0.1) is 0 Å². The van der Waals surface area contributed by atoms with Gasteiger partial charge >= 0.3 is 0 Å². The summed E-state index contributed by atoms with van der Waals surface area (Å²) in [5.41, 5.74) is -0.207. The second kappa shape index (κ2) is 5.31. The third kappa shape index (κ3) is 3.85. The van der Waals surface area contributed by atoms with E-state index in [1.54, 1.807) is 6.92 Å². The Morgan fingerprint density at radius 1 is 1.41 bits per heavy atom. The molecule has 0 radical (unpaired) electrons. The number of aromatic nitrogens is 2. The van der Waals surface area contributed by atoms with Gasteiger partial charge in [0.25, 0.3) is 5.88 Å². The highest BCUT2D eigenvalue weighted by Gasteiger charge is 2.20. The Hall–Kier alpha value is -1.36. The van der Waals surface area contributed by atoms with Crippen LogP contribution >= 0.6 is 0 Å². The van der Waals surface area contributed by atoms with E-state index >= 15 is 0 Å². The van der Waals surface area contributed by atoms with Gasteiger partial charge in [0, 0.05) is 12.0 Å². The predicted octanol–water partition coefficient (Wildman–Crippen LogP) is 2.24. The molecule has 0 fully saturated rings. The van der Waals surface area contributed by atoms with E-state index in [4.69, 9.17) is 9.47 Å². The number of aromatic hydroxyl groups is 1. The van der Waals surface area contributed by atoms with E-state index in [1.165, 1.54) is 6.20 Å². The molecule has 1 atom stereocenters. The van der Waals surface area contributed by atoms with Crippen molar-refractivity contribution in [3.05, 3.63) is 12.0 Å². The fourth-order valence-electron chi connectivity index (χ4n) is 1.25. The van der Waals surface area contributed by atoms with Crippen LogP contribution in [0.25, 0.3) is 0 Å². The third-order valence-corrected chi connectivity index (χ3v) is 2.10. The minimum Gasteiger partial charge on any atom is -0.491 e. The summed E-state index contributed by atoms with van der Waals surface area (Å²) in [5, 5.41) is 9.74. The summed E-state index contributed by atoms with van der Waals surface area (Å²) < 4.78 is 10.6. The van der Waals surface area contributed by atoms with Crippen molar-refractivity contribution in [2.24, 2.45) is 0 Å². The lowest BCUT2D eigenvalue weighted by atomic mass is 9.96. The van der Waals surface area contributed by atoms with E-state index in [0.29, 0.717) is 12.4 Å². The van der Waals surface area contributed by atoms with Crippen LogP contribution in [0.1, 0.15) is 40.4 Å². The Kier molecular flexibility index (Phi) is 4.28. The third-order valence-electron chi connectivity index (χ3n) is 2.10. The van der Waals surface area contributed by atoms with Crippen molar-refractivity contribution in [3.63, 3.8) is 0 Å². The quantitative estimate of drug-likeness (QED) is 0.818. The SMILES string of the molecule is CCOC(C)Oc1cnc(C(C)(C)C)nc1O. The Labute approximate surface area is 102 Å². The van der Waals surface area contributed by atoms with Crippen LogP contribution in [0.2, 0.25) is 0 Å². The second-order valence-corrected chi connectivity index (χ2v) is 4.77. The van der Waals surface area contributed by atoms with Crippen molar-refractivity contribution < 1.29 is 14.6 Å². The zero-order chi connectivity index (χ0) is 13.1. The van der Waals surface area contributed by atoms with Crippen LogP contribution in [0.3, 0.4) is 0 Å². The number of hydrogen-bond donors (Lipinski definition) is 1. The summed E-state index contributed by atoms with van der Waals surface area (Å²) in [6.07, 6.45) is 1.04. The van der Waals surface area contributed by atoms with Gasteiger partial charge in [0.05, 0.1) is 6.20 Å². The van der Waals surface area contributed by atoms with Gasteiger partial charge in [-0.25, -0.2) is 4.98 Å². The Morgan fingerprint density at radius 3 is 2.53 bits per heavy atom. The Balaban J connectivity index is 2.83. The first-order valence-electron chi connectivity index (χ1n) is 5.69. The van der Waals surface area contributed by atoms with Gasteiger partial charge in [0.15, 0.2) is 6.29 Å². The van der Waals surface area contributed by atoms with Gasteiger partial charge in [-0.2, -0.15) is 4.98 Å². The van der Waals surface area contributed by atoms with Gasteiger partial charge in [-0.15, -0.1) is 0 Å². The van der Waals surface area contributed by atoms with Gasteiger partial charge < -0.3 is 14.6 Å². The van der Waals surface area contributed by atoms with Gasteiger partial charge in [-0.05, 0) is 13.8 Å². The van der Waals surface area contributed by atoms with Crippen LogP contribution in [-0.2, 0) is 10.2 Å². The molecule has 1 unspecified atom stereocenters. The van der Waals surface area contributed by atoms with Gasteiger partial charge in [-0.3, -0.25) is 0 Å². The van der Waals surface area contributed by atoms with E-state index in [9.17, 15) is 5.11 Å². The molecule has 5 nitrogen and oxygen atoms in total. The fourth-order valence-corrected chi connectivity index (χ4v) is 1.25. The zero-order valence-corrected chi connectivity index (χ0v) is 11.0. The Bertz CT molecular complexity index is 375. The maximum absolute atomic E-state index is 9.74. The van der Waals surface area contributed by atoms with Crippen LogP contribution in [0.4, 0.5) is 0 Å². The molecule has 0 aliphatic carbocycles. The van der Waals surface area contributed by atoms with Gasteiger partial charge in [-0.1, -0.05) is 20.8 Å². The van der Waals surface area contributed by atoms with Crippen LogP contribution < -0.4 is 4.74 Å². The van der Waals surface area contributed by atoms with Gasteiger partial charge in [0.2, 0.25) is 5.75 Å². The highest BCUT2D eigenvalue weighted by Crippen LogP contribution is 2.27. The van der Waals surface area contributed by atoms with E-state index < -0.39 is 6.29 Å². The molecule has 96 valence electrons. The molecule has 0 aromatic carbocycles. The second-order valence-electron chi connectivity index (χ2n) is 4.77. The molecular formula is C12H20N2O3. The van der Waals surface area contributed by atoms with Crippen LogP contribution in [0.5, 0.6) is 11.6 Å². The number of rotatable bonds is 4. The van der Waals surface area contributed by atoms with Crippen molar-refractivity contribution >= 4 is 0 Å². The smallest absolute Gasteiger partial charge is 0.258 e. The molecule has 0 aliphatic heterocycles. The first kappa shape index (κ1) is 13.7. The van der Waals surface area contributed by atoms with Crippen molar-refractivity contribution in [2.45, 2.75) is 46.3 Å². The van der Waals surface area contributed by atoms with E-state index in [2.05, 4.69) is 9.97 Å². The first-order chi connectivity index (χ1) is 7.84. The summed E-state index contributed by atoms with van der Waals surface area (Å²) in [4.78, 5) is 8.19. The standard InChI is InChI=1S/C12H20N2O3/c1-6-16-8(2)17-9-7-13-11(12(3,4)5)14-10(9)15/h7-8H,6H2,1-5H3,(H,13,14,15). The van der Waals surface area contributed by atoms with Crippen molar-refractivity contribution in [3.8, 4) is 11.6 Å². The average Bonchev–Trinajstić information content (AvgIpc) is 2.20. The minimum absolute atomic E-state index is 0.156. The van der Waals surface area contributed by atoms with Crippen molar-refractivity contribution in [1.29, 1.82) is 0 Å². The number of nitrogens with zero attached hydrogens (tertiary/aromatic N) is 2. The van der Waals surface area contributed by atoms with E-state index in [0.717, 1.165) is 0 Å². The maximum Gasteiger partial charge on any atom is 0.258 e. The van der Waals surface area contributed by atoms with Crippen LogP contribution in [-0.4, -0.2) is 28.0 Å². The molecule has 1 aromatic rings. The lowest BCUT2D eigenvalue weighted by molar-refractivity contribution is -0.0629. The highest BCUT2D eigenvalue weighted by molar-refractivity contribution is 5.30. The molecule has 1 rings (SSSR count). The highest BCUT2D eigenvalue weighted by atomic mass is 16.7. The molecule has 1 heterocycles. The molecular weight excluding hydrogens is 220 g/mol. The Morgan fingerprint density at radius 2 is 2.06 bits per heavy atom. The lowest BCUT2D eigenvalue weighted by Gasteiger charge is -2.18. The molecule has 17 heavy (non-hydrogen) atoms. The monoisotopic (exact) mass is 240 g/mol. The molecule has 0 saturated heterocycles. The number of hydrogen-bond acceptors (Lipinski definition) is 5. The fraction of sp³-hybridized carbons (Fsp3) is 0.667. The van der Waals surface area contributed by atoms with Gasteiger partial charge in [0.1, 0.15) is 5.82 Å². The molecule has 0 aliphatic rings. The first-order valence-corrected chi connectivity index (χ1v) is 5.69. The maximum atomic E-state index is 9.74. The summed E-state index contributed by atoms with van der Waals surface area (Å²) >= 11 is 0. The zero-order valence-electron chi connectivity index (χ0n) is 11.0. The summed E-state index contributed by atoms with van der Waals surface area (Å²) in [7, 11) is 0.